The van der Waals surface area contributed by atoms with E-state index in [-0.39, 0.29) is 5.56 Å². The zero-order valence-electron chi connectivity index (χ0n) is 18.4. The van der Waals surface area contributed by atoms with Crippen molar-refractivity contribution in [3.63, 3.8) is 0 Å². The Morgan fingerprint density at radius 2 is 1.62 bits per heavy atom. The zero-order chi connectivity index (χ0) is 22.2. The van der Waals surface area contributed by atoms with Gasteiger partial charge in [-0.15, -0.1) is 0 Å². The first kappa shape index (κ1) is 20.0. The average Bonchev–Trinajstić information content (AvgIpc) is 3.19. The van der Waals surface area contributed by atoms with Gasteiger partial charge in [0.15, 0.2) is 5.65 Å². The highest BCUT2D eigenvalue weighted by Crippen LogP contribution is 2.23. The molecule has 6 heteroatoms. The number of hydrogen-bond acceptors (Lipinski definition) is 4. The minimum atomic E-state index is -0.0682. The van der Waals surface area contributed by atoms with Crippen LogP contribution < -0.4 is 10.3 Å². The van der Waals surface area contributed by atoms with Crippen LogP contribution in [0.3, 0.4) is 0 Å². The van der Waals surface area contributed by atoms with E-state index in [1.807, 2.05) is 42.5 Å². The number of hydrogen-bond donors (Lipinski definition) is 0. The summed E-state index contributed by atoms with van der Waals surface area (Å²) < 4.78 is 9.02. The largest absolute Gasteiger partial charge is 0.481 e. The minimum Gasteiger partial charge on any atom is -0.481 e. The molecule has 0 aliphatic heterocycles. The van der Waals surface area contributed by atoms with Gasteiger partial charge in [-0.1, -0.05) is 61.5 Å². The molecule has 0 radical (unpaired) electrons. The topological polar surface area (TPSA) is 61.4 Å². The van der Waals surface area contributed by atoms with Gasteiger partial charge in [-0.05, 0) is 29.7 Å². The Labute approximate surface area is 185 Å². The molecule has 3 heterocycles. The van der Waals surface area contributed by atoms with Crippen LogP contribution in [0.5, 0.6) is 5.88 Å². The predicted octanol–water partition coefficient (Wildman–Crippen LogP) is 4.64. The van der Waals surface area contributed by atoms with Crippen molar-refractivity contribution < 1.29 is 4.74 Å². The van der Waals surface area contributed by atoms with Crippen molar-refractivity contribution in [2.75, 3.05) is 7.11 Å². The molecule has 5 rings (SSSR count). The normalized spacial score (nSPS) is 11.3. The Morgan fingerprint density at radius 3 is 2.31 bits per heavy atom. The van der Waals surface area contributed by atoms with Crippen LogP contribution in [0.1, 0.15) is 24.0 Å². The standard InChI is InChI=1S/C26H24N4O2/c1-4-22-27-17(2)24-26(31)29(21-14-15-23(32-3)28-25(21)30(22)24)16-18-10-12-20(13-11-18)19-8-6-5-7-9-19/h5-15H,4,16H2,1-3H3. The van der Waals surface area contributed by atoms with Gasteiger partial charge in [0.05, 0.1) is 24.9 Å². The summed E-state index contributed by atoms with van der Waals surface area (Å²) in [7, 11) is 1.59. The summed E-state index contributed by atoms with van der Waals surface area (Å²) in [6, 6.07) is 22.3. The summed E-state index contributed by atoms with van der Waals surface area (Å²) in [5.41, 5.74) is 6.00. The maximum atomic E-state index is 13.6. The molecular weight excluding hydrogens is 400 g/mol. The molecule has 0 atom stereocenters. The van der Waals surface area contributed by atoms with Crippen molar-refractivity contribution >= 4 is 16.7 Å². The number of imidazole rings is 1. The number of rotatable bonds is 5. The smallest absolute Gasteiger partial charge is 0.277 e. The lowest BCUT2D eigenvalue weighted by Crippen LogP contribution is -2.24. The first-order valence-corrected chi connectivity index (χ1v) is 10.7. The molecule has 0 unspecified atom stereocenters. The number of pyridine rings is 1. The van der Waals surface area contributed by atoms with Crippen molar-refractivity contribution in [2.24, 2.45) is 0 Å². The van der Waals surface area contributed by atoms with Gasteiger partial charge < -0.3 is 4.74 Å². The van der Waals surface area contributed by atoms with Crippen LogP contribution >= 0.6 is 0 Å². The number of aryl methyl sites for hydroxylation is 2. The second kappa shape index (κ2) is 7.96. The number of benzene rings is 2. The van der Waals surface area contributed by atoms with E-state index >= 15 is 0 Å². The Hall–Kier alpha value is -3.93. The summed E-state index contributed by atoms with van der Waals surface area (Å²) in [6.07, 6.45) is 0.702. The van der Waals surface area contributed by atoms with Crippen LogP contribution in [-0.4, -0.2) is 26.0 Å². The van der Waals surface area contributed by atoms with Crippen molar-refractivity contribution in [3.05, 3.63) is 94.2 Å². The Balaban J connectivity index is 1.67. The Kier molecular flexibility index (Phi) is 4.98. The second-order valence-electron chi connectivity index (χ2n) is 7.80. The first-order valence-electron chi connectivity index (χ1n) is 10.7. The molecule has 5 aromatic rings. The lowest BCUT2D eigenvalue weighted by atomic mass is 10.0. The van der Waals surface area contributed by atoms with Gasteiger partial charge in [-0.25, -0.2) is 4.98 Å². The third-order valence-electron chi connectivity index (χ3n) is 5.83. The summed E-state index contributed by atoms with van der Waals surface area (Å²) in [4.78, 5) is 22.9. The summed E-state index contributed by atoms with van der Waals surface area (Å²) in [5.74, 6) is 1.32. The molecule has 6 nitrogen and oxygen atoms in total. The molecule has 0 amide bonds. The van der Waals surface area contributed by atoms with Gasteiger partial charge in [0, 0.05) is 12.5 Å². The molecule has 0 aliphatic rings. The fourth-order valence-corrected chi connectivity index (χ4v) is 4.23. The molecule has 2 aromatic carbocycles. The highest BCUT2D eigenvalue weighted by atomic mass is 16.5. The molecule has 0 bridgehead atoms. The monoisotopic (exact) mass is 424 g/mol. The predicted molar refractivity (Wildman–Crippen MR) is 126 cm³/mol. The van der Waals surface area contributed by atoms with Crippen LogP contribution in [0.25, 0.3) is 27.8 Å². The van der Waals surface area contributed by atoms with Crippen LogP contribution in [0, 0.1) is 6.92 Å². The summed E-state index contributed by atoms with van der Waals surface area (Å²) in [6.45, 7) is 4.35. The number of ether oxygens (including phenoxy) is 1. The summed E-state index contributed by atoms with van der Waals surface area (Å²) in [5, 5.41) is 0. The Bertz CT molecular complexity index is 1480. The van der Waals surface area contributed by atoms with Crippen LogP contribution in [0.15, 0.2) is 71.5 Å². The SMILES string of the molecule is CCc1nc(C)c2c(=O)n(Cc3ccc(-c4ccccc4)cc3)c3ccc(OC)nc3n12. The van der Waals surface area contributed by atoms with Crippen molar-refractivity contribution in [2.45, 2.75) is 26.8 Å². The van der Waals surface area contributed by atoms with Gasteiger partial charge in [-0.3, -0.25) is 13.8 Å². The molecule has 32 heavy (non-hydrogen) atoms. The van der Waals surface area contributed by atoms with E-state index in [0.29, 0.717) is 35.7 Å². The van der Waals surface area contributed by atoms with E-state index in [1.54, 1.807) is 17.7 Å². The molecule has 0 saturated carbocycles. The number of fused-ring (bicyclic) bond motifs is 3. The molecule has 0 N–H and O–H groups in total. The maximum Gasteiger partial charge on any atom is 0.277 e. The zero-order valence-corrected chi connectivity index (χ0v) is 18.4. The van der Waals surface area contributed by atoms with E-state index in [0.717, 1.165) is 22.5 Å². The van der Waals surface area contributed by atoms with Gasteiger partial charge in [-0.2, -0.15) is 4.98 Å². The highest BCUT2D eigenvalue weighted by Gasteiger charge is 2.19. The summed E-state index contributed by atoms with van der Waals surface area (Å²) >= 11 is 0. The van der Waals surface area contributed by atoms with Crippen molar-refractivity contribution in [3.8, 4) is 17.0 Å². The maximum absolute atomic E-state index is 13.6. The van der Waals surface area contributed by atoms with Gasteiger partial charge in [0.25, 0.3) is 5.56 Å². The number of methoxy groups -OCH3 is 1. The van der Waals surface area contributed by atoms with Gasteiger partial charge in [0.1, 0.15) is 11.3 Å². The van der Waals surface area contributed by atoms with Gasteiger partial charge >= 0.3 is 0 Å². The van der Waals surface area contributed by atoms with E-state index < -0.39 is 0 Å². The fraction of sp³-hybridized carbons (Fsp3) is 0.192. The lowest BCUT2D eigenvalue weighted by Gasteiger charge is -2.14. The Morgan fingerprint density at radius 1 is 0.906 bits per heavy atom. The number of aromatic nitrogens is 4. The molecule has 3 aromatic heterocycles. The second-order valence-corrected chi connectivity index (χ2v) is 7.80. The van der Waals surface area contributed by atoms with Crippen LogP contribution in [0.4, 0.5) is 0 Å². The molecule has 0 saturated heterocycles. The van der Waals surface area contributed by atoms with Crippen molar-refractivity contribution in [1.29, 1.82) is 0 Å². The van der Waals surface area contributed by atoms with Gasteiger partial charge in [0.2, 0.25) is 5.88 Å². The molecule has 0 spiro atoms. The van der Waals surface area contributed by atoms with E-state index in [1.165, 1.54) is 5.56 Å². The molecular formula is C26H24N4O2. The first-order chi connectivity index (χ1) is 15.6. The van der Waals surface area contributed by atoms with E-state index in [4.69, 9.17) is 4.74 Å². The quantitative estimate of drug-likeness (QED) is 0.412. The van der Waals surface area contributed by atoms with Crippen LogP contribution in [0.2, 0.25) is 0 Å². The minimum absolute atomic E-state index is 0.0682. The average molecular weight is 425 g/mol. The molecule has 0 aliphatic carbocycles. The third-order valence-corrected chi connectivity index (χ3v) is 5.83. The fourth-order valence-electron chi connectivity index (χ4n) is 4.23. The lowest BCUT2D eigenvalue weighted by molar-refractivity contribution is 0.399. The van der Waals surface area contributed by atoms with E-state index in [2.05, 4.69) is 46.4 Å². The van der Waals surface area contributed by atoms with E-state index in [9.17, 15) is 4.79 Å². The third kappa shape index (κ3) is 3.24. The molecule has 160 valence electrons. The van der Waals surface area contributed by atoms with Crippen LogP contribution in [-0.2, 0) is 13.0 Å². The highest BCUT2D eigenvalue weighted by molar-refractivity contribution is 5.77. The molecule has 0 fully saturated rings. The number of nitrogens with zero attached hydrogens (tertiary/aromatic N) is 4. The van der Waals surface area contributed by atoms with Crippen molar-refractivity contribution in [1.82, 2.24) is 18.9 Å².